The Hall–Kier alpha value is -2.04. The average molecular weight is 305 g/mol. The van der Waals surface area contributed by atoms with E-state index in [2.05, 4.69) is 10.6 Å². The van der Waals surface area contributed by atoms with Crippen LogP contribution >= 0.6 is 11.6 Å². The highest BCUT2D eigenvalue weighted by Crippen LogP contribution is 2.23. The van der Waals surface area contributed by atoms with E-state index < -0.39 is 6.10 Å². The van der Waals surface area contributed by atoms with Gasteiger partial charge in [0.1, 0.15) is 0 Å². The topological polar surface area (TPSA) is 61.4 Å². The first kappa shape index (κ1) is 15.4. The van der Waals surface area contributed by atoms with Crippen molar-refractivity contribution < 1.29 is 9.90 Å². The van der Waals surface area contributed by atoms with Gasteiger partial charge in [0.15, 0.2) is 0 Å². The van der Waals surface area contributed by atoms with Gasteiger partial charge in [0.2, 0.25) is 0 Å². The van der Waals surface area contributed by atoms with Crippen molar-refractivity contribution in [3.63, 3.8) is 0 Å². The van der Waals surface area contributed by atoms with Crippen LogP contribution in [0.25, 0.3) is 0 Å². The van der Waals surface area contributed by atoms with Crippen LogP contribution < -0.4 is 10.6 Å². The van der Waals surface area contributed by atoms with Crippen LogP contribution in [0.5, 0.6) is 0 Å². The van der Waals surface area contributed by atoms with E-state index in [-0.39, 0.29) is 6.03 Å². The molecule has 0 aliphatic rings. The second-order valence-electron chi connectivity index (χ2n) is 4.86. The fourth-order valence-electron chi connectivity index (χ4n) is 1.85. The number of hydrogen-bond acceptors (Lipinski definition) is 2. The van der Waals surface area contributed by atoms with Crippen LogP contribution in [0.1, 0.15) is 24.2 Å². The molecule has 1 unspecified atom stereocenters. The summed E-state index contributed by atoms with van der Waals surface area (Å²) >= 11 is 6.06. The van der Waals surface area contributed by atoms with Crippen LogP contribution in [-0.2, 0) is 0 Å². The number of aryl methyl sites for hydroxylation is 1. The monoisotopic (exact) mass is 304 g/mol. The molecule has 0 saturated carbocycles. The van der Waals surface area contributed by atoms with Crippen LogP contribution in [0.15, 0.2) is 42.5 Å². The lowest BCUT2D eigenvalue weighted by Crippen LogP contribution is -2.19. The molecule has 2 aromatic carbocycles. The molecule has 0 fully saturated rings. The summed E-state index contributed by atoms with van der Waals surface area (Å²) in [5, 5.41) is 15.3. The van der Waals surface area contributed by atoms with Crippen molar-refractivity contribution in [2.75, 3.05) is 10.6 Å². The Morgan fingerprint density at radius 1 is 1.14 bits per heavy atom. The number of benzene rings is 2. The molecule has 2 aromatic rings. The van der Waals surface area contributed by atoms with E-state index in [0.29, 0.717) is 16.4 Å². The van der Waals surface area contributed by atoms with E-state index in [4.69, 9.17) is 11.6 Å². The molecule has 2 amide bonds. The second kappa shape index (κ2) is 6.61. The Bertz CT molecular complexity index is 639. The summed E-state index contributed by atoms with van der Waals surface area (Å²) in [5.74, 6) is 0. The van der Waals surface area contributed by atoms with E-state index >= 15 is 0 Å². The summed E-state index contributed by atoms with van der Waals surface area (Å²) in [6.07, 6.45) is -0.528. The predicted molar refractivity (Wildman–Crippen MR) is 85.9 cm³/mol. The molecule has 2 rings (SSSR count). The maximum atomic E-state index is 11.9. The van der Waals surface area contributed by atoms with Gasteiger partial charge in [-0.2, -0.15) is 0 Å². The van der Waals surface area contributed by atoms with Gasteiger partial charge in [0.25, 0.3) is 0 Å². The molecule has 110 valence electrons. The van der Waals surface area contributed by atoms with Crippen molar-refractivity contribution in [1.29, 1.82) is 0 Å². The number of rotatable bonds is 3. The van der Waals surface area contributed by atoms with Gasteiger partial charge in [-0.3, -0.25) is 0 Å². The number of urea groups is 1. The van der Waals surface area contributed by atoms with Gasteiger partial charge in [-0.05, 0) is 49.2 Å². The minimum atomic E-state index is -0.528. The Morgan fingerprint density at radius 3 is 2.38 bits per heavy atom. The third kappa shape index (κ3) is 4.21. The number of nitrogens with one attached hydrogen (secondary N) is 2. The Labute approximate surface area is 128 Å². The van der Waals surface area contributed by atoms with Gasteiger partial charge >= 0.3 is 6.03 Å². The zero-order valence-corrected chi connectivity index (χ0v) is 12.6. The molecule has 0 bridgehead atoms. The van der Waals surface area contributed by atoms with Gasteiger partial charge in [-0.15, -0.1) is 0 Å². The molecule has 1 atom stereocenters. The highest BCUT2D eigenvalue weighted by molar-refractivity contribution is 6.33. The Kier molecular flexibility index (Phi) is 4.83. The summed E-state index contributed by atoms with van der Waals surface area (Å²) in [4.78, 5) is 11.9. The van der Waals surface area contributed by atoms with Crippen LogP contribution in [0, 0.1) is 6.92 Å². The summed E-state index contributed by atoms with van der Waals surface area (Å²) in [6, 6.07) is 12.0. The summed E-state index contributed by atoms with van der Waals surface area (Å²) < 4.78 is 0. The van der Waals surface area contributed by atoms with Crippen molar-refractivity contribution in [1.82, 2.24) is 0 Å². The molecule has 4 nitrogen and oxygen atoms in total. The van der Waals surface area contributed by atoms with E-state index in [1.807, 2.05) is 13.0 Å². The van der Waals surface area contributed by atoms with Gasteiger partial charge < -0.3 is 15.7 Å². The SMILES string of the molecule is Cc1ccc(NC(=O)Nc2ccc(C(C)O)cc2)c(Cl)c1. The number of carbonyl (C=O) groups is 1. The number of aliphatic hydroxyl groups excluding tert-OH is 1. The molecule has 0 spiro atoms. The van der Waals surface area contributed by atoms with Gasteiger partial charge in [-0.25, -0.2) is 4.79 Å². The second-order valence-corrected chi connectivity index (χ2v) is 5.27. The quantitative estimate of drug-likeness (QED) is 0.789. The standard InChI is InChI=1S/C16H17ClN2O2/c1-10-3-8-15(14(17)9-10)19-16(21)18-13-6-4-12(5-7-13)11(2)20/h3-9,11,20H,1-2H3,(H2,18,19,21). The lowest BCUT2D eigenvalue weighted by atomic mass is 10.1. The number of aliphatic hydroxyl groups is 1. The minimum absolute atomic E-state index is 0.370. The molecule has 0 aliphatic carbocycles. The van der Waals surface area contributed by atoms with Crippen molar-refractivity contribution in [2.24, 2.45) is 0 Å². The van der Waals surface area contributed by atoms with E-state index in [0.717, 1.165) is 11.1 Å². The maximum absolute atomic E-state index is 11.9. The molecule has 0 heterocycles. The van der Waals surface area contributed by atoms with Gasteiger partial charge in [-0.1, -0.05) is 29.8 Å². The fraction of sp³-hybridized carbons (Fsp3) is 0.188. The number of anilines is 2. The van der Waals surface area contributed by atoms with Gasteiger partial charge in [0.05, 0.1) is 16.8 Å². The summed E-state index contributed by atoms with van der Waals surface area (Å²) in [6.45, 7) is 3.62. The smallest absolute Gasteiger partial charge is 0.323 e. The molecule has 0 aromatic heterocycles. The normalized spacial score (nSPS) is 11.8. The maximum Gasteiger partial charge on any atom is 0.323 e. The lowest BCUT2D eigenvalue weighted by molar-refractivity contribution is 0.199. The first-order valence-corrected chi connectivity index (χ1v) is 6.95. The fourth-order valence-corrected chi connectivity index (χ4v) is 2.13. The highest BCUT2D eigenvalue weighted by Gasteiger charge is 2.07. The summed E-state index contributed by atoms with van der Waals surface area (Å²) in [7, 11) is 0. The Morgan fingerprint density at radius 2 is 1.81 bits per heavy atom. The Balaban J connectivity index is 2.01. The van der Waals surface area contributed by atoms with Crippen molar-refractivity contribution in [3.05, 3.63) is 58.6 Å². The van der Waals surface area contributed by atoms with Crippen molar-refractivity contribution >= 4 is 29.0 Å². The summed E-state index contributed by atoms with van der Waals surface area (Å²) in [5.41, 5.74) is 3.02. The zero-order valence-electron chi connectivity index (χ0n) is 11.9. The van der Waals surface area contributed by atoms with Crippen LogP contribution in [-0.4, -0.2) is 11.1 Å². The lowest BCUT2D eigenvalue weighted by Gasteiger charge is -2.10. The molecule has 3 N–H and O–H groups in total. The molecular formula is C16H17ClN2O2. The molecule has 21 heavy (non-hydrogen) atoms. The number of hydrogen-bond donors (Lipinski definition) is 3. The molecule has 0 aliphatic heterocycles. The number of halogens is 1. The molecule has 0 saturated heterocycles. The van der Waals surface area contributed by atoms with Crippen LogP contribution in [0.3, 0.4) is 0 Å². The third-order valence-corrected chi connectivity index (χ3v) is 3.34. The van der Waals surface area contributed by atoms with Crippen LogP contribution in [0.2, 0.25) is 5.02 Å². The average Bonchev–Trinajstić information content (AvgIpc) is 2.42. The first-order chi connectivity index (χ1) is 9.95. The van der Waals surface area contributed by atoms with Gasteiger partial charge in [0, 0.05) is 5.69 Å². The minimum Gasteiger partial charge on any atom is -0.389 e. The number of carbonyl (C=O) groups excluding carboxylic acids is 1. The zero-order chi connectivity index (χ0) is 15.4. The van der Waals surface area contributed by atoms with Crippen LogP contribution in [0.4, 0.5) is 16.2 Å². The predicted octanol–water partition coefficient (Wildman–Crippen LogP) is 4.35. The van der Waals surface area contributed by atoms with Crippen molar-refractivity contribution in [3.8, 4) is 0 Å². The molecule has 0 radical (unpaired) electrons. The number of amides is 2. The highest BCUT2D eigenvalue weighted by atomic mass is 35.5. The first-order valence-electron chi connectivity index (χ1n) is 6.58. The largest absolute Gasteiger partial charge is 0.389 e. The molecule has 5 heteroatoms. The van der Waals surface area contributed by atoms with E-state index in [9.17, 15) is 9.90 Å². The van der Waals surface area contributed by atoms with Crippen molar-refractivity contribution in [2.45, 2.75) is 20.0 Å². The third-order valence-electron chi connectivity index (χ3n) is 3.02. The molecular weight excluding hydrogens is 288 g/mol. The van der Waals surface area contributed by atoms with E-state index in [1.165, 1.54) is 0 Å². The van der Waals surface area contributed by atoms with E-state index in [1.54, 1.807) is 43.3 Å².